The maximum atomic E-state index is 12.0. The van der Waals surface area contributed by atoms with Gasteiger partial charge in [0, 0.05) is 13.1 Å². The molecule has 0 aliphatic carbocycles. The molecule has 0 bridgehead atoms. The Balaban J connectivity index is 2.71. The van der Waals surface area contributed by atoms with Crippen molar-refractivity contribution >= 4 is 11.9 Å². The van der Waals surface area contributed by atoms with Gasteiger partial charge in [-0.3, -0.25) is 9.59 Å². The van der Waals surface area contributed by atoms with Crippen molar-refractivity contribution in [2.45, 2.75) is 13.1 Å². The molecule has 1 rings (SSSR count). The summed E-state index contributed by atoms with van der Waals surface area (Å²) in [7, 11) is 0. The molecule has 0 aromatic carbocycles. The average molecular weight is 225 g/mol. The molecule has 0 aromatic heterocycles. The fraction of sp³-hybridized carbons (Fsp3) is 0.750. The molecule has 0 aromatic rings. The molecule has 2 atom stereocenters. The van der Waals surface area contributed by atoms with E-state index in [0.29, 0.717) is 4.90 Å². The molecule has 1 fully saturated rings. The number of hydrogen-bond acceptors (Lipinski definition) is 2. The molecule has 0 unspecified atom stereocenters. The third-order valence-corrected chi connectivity index (χ3v) is 2.46. The zero-order valence-corrected chi connectivity index (χ0v) is 7.91. The highest BCUT2D eigenvalue weighted by Crippen LogP contribution is 2.27. The maximum Gasteiger partial charge on any atom is 0.471 e. The second-order valence-electron chi connectivity index (χ2n) is 3.63. The van der Waals surface area contributed by atoms with Gasteiger partial charge in [-0.2, -0.15) is 13.2 Å². The first-order valence-electron chi connectivity index (χ1n) is 4.32. The SMILES string of the molecule is C[C@@H]1CN(C(=O)C(F)(F)F)C[C@H]1C(=O)O. The van der Waals surface area contributed by atoms with Crippen LogP contribution in [-0.4, -0.2) is 41.1 Å². The number of hydrogen-bond donors (Lipinski definition) is 1. The molecule has 1 N–H and O–H groups in total. The first kappa shape index (κ1) is 11.8. The van der Waals surface area contributed by atoms with E-state index in [2.05, 4.69) is 0 Å². The van der Waals surface area contributed by atoms with Gasteiger partial charge in [-0.25, -0.2) is 0 Å². The van der Waals surface area contributed by atoms with E-state index in [1.54, 1.807) is 0 Å². The van der Waals surface area contributed by atoms with Crippen LogP contribution in [0, 0.1) is 11.8 Å². The minimum Gasteiger partial charge on any atom is -0.481 e. The Bertz CT molecular complexity index is 289. The molecule has 86 valence electrons. The van der Waals surface area contributed by atoms with E-state index in [9.17, 15) is 22.8 Å². The summed E-state index contributed by atoms with van der Waals surface area (Å²) < 4.78 is 36.1. The minimum absolute atomic E-state index is 0.157. The summed E-state index contributed by atoms with van der Waals surface area (Å²) in [6.45, 7) is 0.993. The summed E-state index contributed by atoms with van der Waals surface area (Å²) in [4.78, 5) is 21.9. The van der Waals surface area contributed by atoms with E-state index in [-0.39, 0.29) is 13.1 Å². The van der Waals surface area contributed by atoms with Crippen LogP contribution in [0.15, 0.2) is 0 Å². The van der Waals surface area contributed by atoms with E-state index in [1.165, 1.54) is 6.92 Å². The van der Waals surface area contributed by atoms with Gasteiger partial charge in [-0.1, -0.05) is 6.92 Å². The number of carboxylic acid groups (broad SMARTS) is 1. The lowest BCUT2D eigenvalue weighted by Crippen LogP contribution is -2.40. The number of nitrogens with zero attached hydrogens (tertiary/aromatic N) is 1. The van der Waals surface area contributed by atoms with Gasteiger partial charge in [0.25, 0.3) is 0 Å². The summed E-state index contributed by atoms with van der Waals surface area (Å²) in [6, 6.07) is 0. The van der Waals surface area contributed by atoms with Crippen LogP contribution in [0.4, 0.5) is 13.2 Å². The van der Waals surface area contributed by atoms with Gasteiger partial charge in [0.15, 0.2) is 0 Å². The molecular formula is C8H10F3NO3. The largest absolute Gasteiger partial charge is 0.481 e. The van der Waals surface area contributed by atoms with Gasteiger partial charge in [0.05, 0.1) is 5.92 Å². The van der Waals surface area contributed by atoms with Crippen molar-refractivity contribution in [3.05, 3.63) is 0 Å². The third kappa shape index (κ3) is 2.40. The van der Waals surface area contributed by atoms with Crippen molar-refractivity contribution in [2.24, 2.45) is 11.8 Å². The molecule has 0 saturated carbocycles. The van der Waals surface area contributed by atoms with Crippen LogP contribution in [0.25, 0.3) is 0 Å². The number of carbonyl (C=O) groups is 2. The number of alkyl halides is 3. The van der Waals surface area contributed by atoms with E-state index < -0.39 is 29.9 Å². The fourth-order valence-electron chi connectivity index (χ4n) is 1.63. The van der Waals surface area contributed by atoms with Crippen LogP contribution in [0.2, 0.25) is 0 Å². The monoisotopic (exact) mass is 225 g/mol. The molecule has 4 nitrogen and oxygen atoms in total. The van der Waals surface area contributed by atoms with Crippen LogP contribution in [-0.2, 0) is 9.59 Å². The van der Waals surface area contributed by atoms with Gasteiger partial charge in [0.1, 0.15) is 0 Å². The number of aliphatic carboxylic acids is 1. The van der Waals surface area contributed by atoms with E-state index in [4.69, 9.17) is 5.11 Å². The molecular weight excluding hydrogens is 215 g/mol. The van der Waals surface area contributed by atoms with E-state index in [1.807, 2.05) is 0 Å². The average Bonchev–Trinajstić information content (AvgIpc) is 2.44. The lowest BCUT2D eigenvalue weighted by Gasteiger charge is -2.17. The van der Waals surface area contributed by atoms with Gasteiger partial charge >= 0.3 is 18.1 Å². The molecule has 15 heavy (non-hydrogen) atoms. The first-order valence-corrected chi connectivity index (χ1v) is 4.32. The number of halogens is 3. The zero-order valence-electron chi connectivity index (χ0n) is 7.91. The quantitative estimate of drug-likeness (QED) is 0.715. The predicted octanol–water partition coefficient (Wildman–Crippen LogP) is 0.728. The molecule has 0 radical (unpaired) electrons. The predicted molar refractivity (Wildman–Crippen MR) is 42.9 cm³/mol. The molecule has 1 aliphatic rings. The number of carboxylic acids is 1. The van der Waals surface area contributed by atoms with Gasteiger partial charge in [-0.15, -0.1) is 0 Å². The minimum atomic E-state index is -4.92. The highest BCUT2D eigenvalue weighted by atomic mass is 19.4. The Hall–Kier alpha value is -1.27. The molecule has 1 aliphatic heterocycles. The highest BCUT2D eigenvalue weighted by molar-refractivity contribution is 5.83. The Morgan fingerprint density at radius 3 is 2.20 bits per heavy atom. The van der Waals surface area contributed by atoms with Crippen molar-refractivity contribution in [1.82, 2.24) is 4.90 Å². The summed E-state index contributed by atoms with van der Waals surface area (Å²) in [5, 5.41) is 8.67. The second kappa shape index (κ2) is 3.71. The van der Waals surface area contributed by atoms with Crippen LogP contribution < -0.4 is 0 Å². The normalized spacial score (nSPS) is 26.8. The second-order valence-corrected chi connectivity index (χ2v) is 3.63. The zero-order chi connectivity index (χ0) is 11.8. The number of rotatable bonds is 1. The number of carbonyl (C=O) groups excluding carboxylic acids is 1. The van der Waals surface area contributed by atoms with E-state index >= 15 is 0 Å². The lowest BCUT2D eigenvalue weighted by atomic mass is 9.99. The summed E-state index contributed by atoms with van der Waals surface area (Å²) in [5.41, 5.74) is 0. The van der Waals surface area contributed by atoms with Crippen molar-refractivity contribution in [1.29, 1.82) is 0 Å². The molecule has 7 heteroatoms. The summed E-state index contributed by atoms with van der Waals surface area (Å²) in [5.74, 6) is -4.48. The Labute approximate surface area is 83.7 Å². The van der Waals surface area contributed by atoms with Gasteiger partial charge < -0.3 is 10.0 Å². The Morgan fingerprint density at radius 1 is 1.33 bits per heavy atom. The van der Waals surface area contributed by atoms with Crippen molar-refractivity contribution in [2.75, 3.05) is 13.1 Å². The smallest absolute Gasteiger partial charge is 0.471 e. The Morgan fingerprint density at radius 2 is 1.87 bits per heavy atom. The van der Waals surface area contributed by atoms with Gasteiger partial charge in [0.2, 0.25) is 0 Å². The maximum absolute atomic E-state index is 12.0. The topological polar surface area (TPSA) is 57.6 Å². The van der Waals surface area contributed by atoms with Crippen LogP contribution in [0.5, 0.6) is 0 Å². The lowest BCUT2D eigenvalue weighted by molar-refractivity contribution is -0.184. The summed E-state index contributed by atoms with van der Waals surface area (Å²) in [6.07, 6.45) is -4.92. The molecule has 1 saturated heterocycles. The molecule has 1 amide bonds. The standard InChI is InChI=1S/C8H10F3NO3/c1-4-2-12(3-5(4)6(13)14)7(15)8(9,10)11/h4-5H,2-3H2,1H3,(H,13,14)/t4-,5-/m1/s1. The fourth-order valence-corrected chi connectivity index (χ4v) is 1.63. The summed E-state index contributed by atoms with van der Waals surface area (Å²) >= 11 is 0. The van der Waals surface area contributed by atoms with Crippen LogP contribution >= 0.6 is 0 Å². The third-order valence-electron chi connectivity index (χ3n) is 2.46. The van der Waals surface area contributed by atoms with Crippen LogP contribution in [0.3, 0.4) is 0 Å². The van der Waals surface area contributed by atoms with Crippen molar-refractivity contribution in [3.63, 3.8) is 0 Å². The van der Waals surface area contributed by atoms with Gasteiger partial charge in [-0.05, 0) is 5.92 Å². The van der Waals surface area contributed by atoms with E-state index in [0.717, 1.165) is 0 Å². The number of likely N-dealkylation sites (tertiary alicyclic amines) is 1. The van der Waals surface area contributed by atoms with Crippen molar-refractivity contribution < 1.29 is 27.9 Å². The number of amides is 1. The van der Waals surface area contributed by atoms with Crippen molar-refractivity contribution in [3.8, 4) is 0 Å². The first-order chi connectivity index (χ1) is 6.73. The molecule has 1 heterocycles. The Kier molecular flexibility index (Phi) is 2.92. The van der Waals surface area contributed by atoms with Crippen LogP contribution in [0.1, 0.15) is 6.92 Å². The molecule has 0 spiro atoms. The highest BCUT2D eigenvalue weighted by Gasteiger charge is 2.47.